The monoisotopic (exact) mass is 336 g/mol. The molecule has 2 amide bonds. The number of amides is 2. The molecule has 0 unspecified atom stereocenters. The van der Waals surface area contributed by atoms with Gasteiger partial charge >= 0.3 is 0 Å². The maximum Gasteiger partial charge on any atom is 0.282 e. The molecule has 2 aliphatic rings. The minimum absolute atomic E-state index is 0.0180. The number of thioether (sulfide) groups is 1. The first-order valence-electron chi connectivity index (χ1n) is 7.69. The van der Waals surface area contributed by atoms with Crippen molar-refractivity contribution in [3.05, 3.63) is 23.9 Å². The Bertz CT molecular complexity index is 578. The molecule has 1 aromatic heterocycles. The third-order valence-corrected chi connectivity index (χ3v) is 4.73. The first-order valence-corrected chi connectivity index (χ1v) is 8.67. The number of carbonyl (C=O) groups excluding carboxylic acids is 2. The van der Waals surface area contributed by atoms with Crippen molar-refractivity contribution in [2.75, 3.05) is 50.0 Å². The number of nitrogens with zero attached hydrogens (tertiary/aromatic N) is 3. The van der Waals surface area contributed by atoms with E-state index in [1.54, 1.807) is 11.1 Å². The number of morpholine rings is 1. The van der Waals surface area contributed by atoms with Crippen LogP contribution in [0.15, 0.2) is 18.3 Å². The lowest BCUT2D eigenvalue weighted by molar-refractivity contribution is -0.121. The molecule has 1 aromatic rings. The Balaban J connectivity index is 1.57. The van der Waals surface area contributed by atoms with Gasteiger partial charge in [0.2, 0.25) is 5.91 Å². The van der Waals surface area contributed by atoms with Gasteiger partial charge in [-0.05, 0) is 6.07 Å². The number of pyridine rings is 1. The summed E-state index contributed by atoms with van der Waals surface area (Å²) in [4.78, 5) is 31.8. The van der Waals surface area contributed by atoms with E-state index in [4.69, 9.17) is 4.74 Å². The third kappa shape index (κ3) is 4.14. The fraction of sp³-hybridized carbons (Fsp3) is 0.533. The summed E-state index contributed by atoms with van der Waals surface area (Å²) in [5.41, 5.74) is 0.977. The number of carbonyl (C=O) groups is 2. The van der Waals surface area contributed by atoms with Crippen molar-refractivity contribution in [1.82, 2.24) is 15.2 Å². The van der Waals surface area contributed by atoms with E-state index < -0.39 is 0 Å². The number of anilines is 1. The summed E-state index contributed by atoms with van der Waals surface area (Å²) < 4.78 is 5.37. The van der Waals surface area contributed by atoms with Crippen LogP contribution >= 0.6 is 11.8 Å². The Kier molecular flexibility index (Phi) is 5.35. The zero-order valence-electron chi connectivity index (χ0n) is 12.9. The van der Waals surface area contributed by atoms with E-state index in [2.05, 4.69) is 15.2 Å². The largest absolute Gasteiger partial charge is 0.378 e. The average Bonchev–Trinajstić information content (AvgIpc) is 2.99. The normalized spacial score (nSPS) is 18.3. The zero-order chi connectivity index (χ0) is 16.1. The molecule has 0 atom stereocenters. The number of ether oxygens (including phenoxy) is 1. The van der Waals surface area contributed by atoms with Crippen molar-refractivity contribution in [2.24, 2.45) is 0 Å². The fourth-order valence-corrected chi connectivity index (χ4v) is 3.45. The highest BCUT2D eigenvalue weighted by Gasteiger charge is 2.23. The van der Waals surface area contributed by atoms with Crippen molar-refractivity contribution in [3.8, 4) is 0 Å². The van der Waals surface area contributed by atoms with Gasteiger partial charge in [0, 0.05) is 43.7 Å². The quantitative estimate of drug-likeness (QED) is 0.853. The molecule has 8 heteroatoms. The van der Waals surface area contributed by atoms with Crippen LogP contribution in [0.5, 0.6) is 0 Å². The second-order valence-corrected chi connectivity index (χ2v) is 6.44. The van der Waals surface area contributed by atoms with Crippen LogP contribution in [0.1, 0.15) is 5.56 Å². The number of nitrogens with one attached hydrogen (secondary N) is 1. The van der Waals surface area contributed by atoms with E-state index >= 15 is 0 Å². The summed E-state index contributed by atoms with van der Waals surface area (Å²) in [6, 6.07) is 3.83. The van der Waals surface area contributed by atoms with Crippen LogP contribution in [0.25, 0.3) is 0 Å². The van der Waals surface area contributed by atoms with Crippen molar-refractivity contribution >= 4 is 28.7 Å². The van der Waals surface area contributed by atoms with E-state index in [0.29, 0.717) is 26.3 Å². The molecule has 3 rings (SSSR count). The van der Waals surface area contributed by atoms with Gasteiger partial charge < -0.3 is 19.9 Å². The SMILES string of the molecule is O=C(CN1CCSC1=O)NCc1cccnc1N1CCOCC1. The molecule has 0 spiro atoms. The van der Waals surface area contributed by atoms with Crippen molar-refractivity contribution in [3.63, 3.8) is 0 Å². The highest BCUT2D eigenvalue weighted by Crippen LogP contribution is 2.19. The topological polar surface area (TPSA) is 74.8 Å². The molecule has 1 N–H and O–H groups in total. The Morgan fingerprint density at radius 3 is 2.91 bits per heavy atom. The summed E-state index contributed by atoms with van der Waals surface area (Å²) >= 11 is 1.26. The summed E-state index contributed by atoms with van der Waals surface area (Å²) in [6.45, 7) is 4.17. The Hall–Kier alpha value is -1.80. The lowest BCUT2D eigenvalue weighted by atomic mass is 10.2. The molecule has 0 aromatic carbocycles. The molecule has 2 aliphatic heterocycles. The van der Waals surface area contributed by atoms with Crippen LogP contribution in [0.2, 0.25) is 0 Å². The number of rotatable bonds is 5. The number of aromatic nitrogens is 1. The molecule has 2 saturated heterocycles. The van der Waals surface area contributed by atoms with Gasteiger partial charge in [-0.3, -0.25) is 9.59 Å². The first kappa shape index (κ1) is 16.1. The van der Waals surface area contributed by atoms with Crippen LogP contribution in [-0.2, 0) is 16.1 Å². The number of hydrogen-bond donors (Lipinski definition) is 1. The standard InChI is InChI=1S/C15H20N4O3S/c20-13(11-19-6-9-23-15(19)21)17-10-12-2-1-3-16-14(12)18-4-7-22-8-5-18/h1-3H,4-11H2,(H,17,20). The highest BCUT2D eigenvalue weighted by atomic mass is 32.2. The van der Waals surface area contributed by atoms with Crippen molar-refractivity contribution in [1.29, 1.82) is 0 Å². The maximum absolute atomic E-state index is 12.0. The van der Waals surface area contributed by atoms with E-state index in [1.165, 1.54) is 11.8 Å². The third-order valence-electron chi connectivity index (χ3n) is 3.83. The molecule has 124 valence electrons. The maximum atomic E-state index is 12.0. The summed E-state index contributed by atoms with van der Waals surface area (Å²) in [5.74, 6) is 1.51. The van der Waals surface area contributed by atoms with E-state index in [-0.39, 0.29) is 17.7 Å². The van der Waals surface area contributed by atoms with Gasteiger partial charge in [0.25, 0.3) is 5.24 Å². The number of hydrogen-bond acceptors (Lipinski definition) is 6. The predicted molar refractivity (Wildman–Crippen MR) is 88.5 cm³/mol. The molecule has 0 aliphatic carbocycles. The van der Waals surface area contributed by atoms with Gasteiger partial charge in [-0.25, -0.2) is 4.98 Å². The molecule has 3 heterocycles. The molecule has 23 heavy (non-hydrogen) atoms. The van der Waals surface area contributed by atoms with Crippen LogP contribution in [0.4, 0.5) is 10.6 Å². The molecule has 0 radical (unpaired) electrons. The Morgan fingerprint density at radius 1 is 1.35 bits per heavy atom. The Labute approximate surface area is 139 Å². The van der Waals surface area contributed by atoms with Gasteiger partial charge in [0.05, 0.1) is 13.2 Å². The van der Waals surface area contributed by atoms with E-state index in [1.807, 2.05) is 12.1 Å². The van der Waals surface area contributed by atoms with Gasteiger partial charge in [0.1, 0.15) is 12.4 Å². The Morgan fingerprint density at radius 2 is 2.17 bits per heavy atom. The second kappa shape index (κ2) is 7.65. The van der Waals surface area contributed by atoms with Gasteiger partial charge in [-0.1, -0.05) is 17.8 Å². The zero-order valence-corrected chi connectivity index (χ0v) is 13.7. The summed E-state index contributed by atoms with van der Waals surface area (Å²) in [5, 5.41) is 2.87. The molecular formula is C15H20N4O3S. The fourth-order valence-electron chi connectivity index (χ4n) is 2.62. The average molecular weight is 336 g/mol. The van der Waals surface area contributed by atoms with Gasteiger partial charge in [-0.15, -0.1) is 0 Å². The first-order chi connectivity index (χ1) is 11.2. The predicted octanol–water partition coefficient (Wildman–Crippen LogP) is 0.703. The second-order valence-electron chi connectivity index (χ2n) is 5.40. The van der Waals surface area contributed by atoms with Gasteiger partial charge in [-0.2, -0.15) is 0 Å². The van der Waals surface area contributed by atoms with Crippen LogP contribution in [-0.4, -0.2) is 66.2 Å². The van der Waals surface area contributed by atoms with Crippen LogP contribution in [0, 0.1) is 0 Å². The smallest absolute Gasteiger partial charge is 0.282 e. The lowest BCUT2D eigenvalue weighted by Crippen LogP contribution is -2.39. The minimum atomic E-state index is -0.141. The molecule has 7 nitrogen and oxygen atoms in total. The van der Waals surface area contributed by atoms with Gasteiger partial charge in [0.15, 0.2) is 0 Å². The van der Waals surface area contributed by atoms with Crippen LogP contribution in [0.3, 0.4) is 0 Å². The van der Waals surface area contributed by atoms with Crippen molar-refractivity contribution in [2.45, 2.75) is 6.54 Å². The highest BCUT2D eigenvalue weighted by molar-refractivity contribution is 8.13. The van der Waals surface area contributed by atoms with Crippen molar-refractivity contribution < 1.29 is 14.3 Å². The lowest BCUT2D eigenvalue weighted by Gasteiger charge is -2.29. The minimum Gasteiger partial charge on any atom is -0.378 e. The molecule has 0 bridgehead atoms. The summed E-state index contributed by atoms with van der Waals surface area (Å²) in [7, 11) is 0. The van der Waals surface area contributed by atoms with E-state index in [9.17, 15) is 9.59 Å². The molecule has 0 saturated carbocycles. The summed E-state index contributed by atoms with van der Waals surface area (Å²) in [6.07, 6.45) is 1.76. The van der Waals surface area contributed by atoms with E-state index in [0.717, 1.165) is 30.2 Å². The molecule has 2 fully saturated rings. The molecular weight excluding hydrogens is 316 g/mol. The van der Waals surface area contributed by atoms with Crippen LogP contribution < -0.4 is 10.2 Å².